The number of hydrogen-bond donors (Lipinski definition) is 1. The third kappa shape index (κ3) is 2.69. The van der Waals surface area contributed by atoms with Gasteiger partial charge in [-0.1, -0.05) is 20.3 Å². The lowest BCUT2D eigenvalue weighted by Crippen LogP contribution is -2.33. The van der Waals surface area contributed by atoms with E-state index < -0.39 is 0 Å². The zero-order valence-electron chi connectivity index (χ0n) is 12.2. The van der Waals surface area contributed by atoms with E-state index in [0.717, 1.165) is 17.4 Å². The summed E-state index contributed by atoms with van der Waals surface area (Å²) < 4.78 is 1.82. The Hall–Kier alpha value is -1.84. The van der Waals surface area contributed by atoms with Gasteiger partial charge in [0.05, 0.1) is 5.69 Å². The van der Waals surface area contributed by atoms with Gasteiger partial charge in [0.15, 0.2) is 5.82 Å². The van der Waals surface area contributed by atoms with E-state index in [9.17, 15) is 0 Å². The van der Waals surface area contributed by atoms with Crippen molar-refractivity contribution in [2.24, 2.45) is 11.8 Å². The molecule has 3 unspecified atom stereocenters. The summed E-state index contributed by atoms with van der Waals surface area (Å²) in [6.45, 7) is 4.69. The Morgan fingerprint density at radius 3 is 2.90 bits per heavy atom. The van der Waals surface area contributed by atoms with Crippen LogP contribution in [0.1, 0.15) is 33.1 Å². The van der Waals surface area contributed by atoms with Crippen LogP contribution in [-0.2, 0) is 0 Å². The molecule has 0 amide bonds. The summed E-state index contributed by atoms with van der Waals surface area (Å²) in [6.07, 6.45) is 9.41. The molecule has 0 aliphatic heterocycles. The molecule has 106 valence electrons. The van der Waals surface area contributed by atoms with Crippen LogP contribution in [0, 0.1) is 11.8 Å². The fraction of sp³-hybridized carbons (Fsp3) is 0.500. The van der Waals surface area contributed by atoms with E-state index in [0.29, 0.717) is 12.0 Å². The molecule has 0 radical (unpaired) electrons. The summed E-state index contributed by atoms with van der Waals surface area (Å²) in [7, 11) is 0. The van der Waals surface area contributed by atoms with Crippen LogP contribution in [-0.4, -0.2) is 20.8 Å². The van der Waals surface area contributed by atoms with Gasteiger partial charge < -0.3 is 5.32 Å². The zero-order chi connectivity index (χ0) is 13.9. The highest BCUT2D eigenvalue weighted by molar-refractivity contribution is 5.56. The molecule has 1 aliphatic carbocycles. The van der Waals surface area contributed by atoms with Crippen molar-refractivity contribution in [1.82, 2.24) is 14.8 Å². The van der Waals surface area contributed by atoms with Crippen molar-refractivity contribution in [2.45, 2.75) is 39.2 Å². The number of nitrogens with one attached hydrogen (secondary N) is 1. The summed E-state index contributed by atoms with van der Waals surface area (Å²) in [5, 5.41) is 7.98. The fourth-order valence-corrected chi connectivity index (χ4v) is 3.02. The second kappa shape index (κ2) is 5.65. The van der Waals surface area contributed by atoms with Gasteiger partial charge >= 0.3 is 0 Å². The smallest absolute Gasteiger partial charge is 0.176 e. The molecule has 20 heavy (non-hydrogen) atoms. The molecule has 0 bridgehead atoms. The third-order valence-electron chi connectivity index (χ3n) is 4.31. The maximum Gasteiger partial charge on any atom is 0.176 e. The standard InChI is InChI=1S/C16H22N4/c1-12-6-7-13(2)15(11-12)19-14-5-3-8-17-16(14)20-10-4-9-18-20/h3-5,8-10,12-13,15,19H,6-7,11H2,1-2H3. The summed E-state index contributed by atoms with van der Waals surface area (Å²) in [6, 6.07) is 6.52. The maximum absolute atomic E-state index is 4.47. The van der Waals surface area contributed by atoms with E-state index in [1.807, 2.05) is 29.2 Å². The van der Waals surface area contributed by atoms with Crippen molar-refractivity contribution in [3.63, 3.8) is 0 Å². The van der Waals surface area contributed by atoms with E-state index in [2.05, 4.69) is 35.3 Å². The van der Waals surface area contributed by atoms with Gasteiger partial charge in [0, 0.05) is 24.6 Å². The fourth-order valence-electron chi connectivity index (χ4n) is 3.02. The Labute approximate surface area is 120 Å². The molecule has 1 fully saturated rings. The highest BCUT2D eigenvalue weighted by Crippen LogP contribution is 2.31. The summed E-state index contributed by atoms with van der Waals surface area (Å²) in [5.41, 5.74) is 1.07. The van der Waals surface area contributed by atoms with Crippen molar-refractivity contribution >= 4 is 5.69 Å². The average Bonchev–Trinajstić information content (AvgIpc) is 2.97. The van der Waals surface area contributed by atoms with Crippen molar-refractivity contribution in [3.8, 4) is 5.82 Å². The van der Waals surface area contributed by atoms with E-state index in [1.54, 1.807) is 6.20 Å². The van der Waals surface area contributed by atoms with Gasteiger partial charge in [-0.25, -0.2) is 9.67 Å². The molecule has 3 atom stereocenters. The van der Waals surface area contributed by atoms with Crippen LogP contribution in [0.15, 0.2) is 36.8 Å². The molecular weight excluding hydrogens is 248 g/mol. The second-order valence-electron chi connectivity index (χ2n) is 5.97. The molecule has 0 aromatic carbocycles. The summed E-state index contributed by atoms with van der Waals surface area (Å²) in [5.74, 6) is 2.38. The lowest BCUT2D eigenvalue weighted by Gasteiger charge is -2.34. The van der Waals surface area contributed by atoms with E-state index in [1.165, 1.54) is 19.3 Å². The van der Waals surface area contributed by atoms with Crippen LogP contribution < -0.4 is 5.32 Å². The Morgan fingerprint density at radius 2 is 2.10 bits per heavy atom. The number of pyridine rings is 1. The van der Waals surface area contributed by atoms with Gasteiger partial charge in [0.1, 0.15) is 0 Å². The number of aromatic nitrogens is 3. The van der Waals surface area contributed by atoms with Crippen molar-refractivity contribution in [1.29, 1.82) is 0 Å². The quantitative estimate of drug-likeness (QED) is 0.928. The molecule has 1 N–H and O–H groups in total. The number of anilines is 1. The van der Waals surface area contributed by atoms with Crippen molar-refractivity contribution in [3.05, 3.63) is 36.8 Å². The Morgan fingerprint density at radius 1 is 1.20 bits per heavy atom. The summed E-state index contributed by atoms with van der Waals surface area (Å²) in [4.78, 5) is 4.47. The molecule has 0 saturated heterocycles. The molecule has 2 heterocycles. The van der Waals surface area contributed by atoms with Gasteiger partial charge in [-0.05, 0) is 42.9 Å². The first-order valence-electron chi connectivity index (χ1n) is 7.45. The highest BCUT2D eigenvalue weighted by atomic mass is 15.3. The minimum atomic E-state index is 0.525. The molecule has 4 heteroatoms. The van der Waals surface area contributed by atoms with Gasteiger partial charge in [-0.2, -0.15) is 5.10 Å². The van der Waals surface area contributed by atoms with E-state index in [-0.39, 0.29) is 0 Å². The van der Waals surface area contributed by atoms with E-state index in [4.69, 9.17) is 0 Å². The molecule has 3 rings (SSSR count). The molecular formula is C16H22N4. The predicted octanol–water partition coefficient (Wildman–Crippen LogP) is 3.50. The van der Waals surface area contributed by atoms with Crippen LogP contribution in [0.2, 0.25) is 0 Å². The first-order valence-corrected chi connectivity index (χ1v) is 7.45. The second-order valence-corrected chi connectivity index (χ2v) is 5.97. The minimum absolute atomic E-state index is 0.525. The normalized spacial score (nSPS) is 26.4. The highest BCUT2D eigenvalue weighted by Gasteiger charge is 2.26. The average molecular weight is 270 g/mol. The SMILES string of the molecule is CC1CCC(C)C(Nc2cccnc2-n2cccn2)C1. The summed E-state index contributed by atoms with van der Waals surface area (Å²) >= 11 is 0. The molecule has 0 spiro atoms. The molecule has 2 aromatic rings. The molecule has 1 aliphatic rings. The molecule has 1 saturated carbocycles. The Kier molecular flexibility index (Phi) is 3.72. The lowest BCUT2D eigenvalue weighted by atomic mass is 9.80. The monoisotopic (exact) mass is 270 g/mol. The number of hydrogen-bond acceptors (Lipinski definition) is 3. The molecule has 4 nitrogen and oxygen atoms in total. The van der Waals surface area contributed by atoms with Crippen LogP contribution in [0.25, 0.3) is 5.82 Å². The first-order chi connectivity index (χ1) is 9.74. The van der Waals surface area contributed by atoms with Gasteiger partial charge in [0.2, 0.25) is 0 Å². The molecule has 2 aromatic heterocycles. The first kappa shape index (κ1) is 13.2. The van der Waals surface area contributed by atoms with Gasteiger partial charge in [0.25, 0.3) is 0 Å². The number of rotatable bonds is 3. The zero-order valence-corrected chi connectivity index (χ0v) is 12.2. The van der Waals surface area contributed by atoms with Crippen molar-refractivity contribution in [2.75, 3.05) is 5.32 Å². The van der Waals surface area contributed by atoms with Crippen LogP contribution >= 0.6 is 0 Å². The lowest BCUT2D eigenvalue weighted by molar-refractivity contribution is 0.280. The van der Waals surface area contributed by atoms with Crippen LogP contribution in [0.3, 0.4) is 0 Å². The largest absolute Gasteiger partial charge is 0.379 e. The minimum Gasteiger partial charge on any atom is -0.379 e. The van der Waals surface area contributed by atoms with E-state index >= 15 is 0 Å². The van der Waals surface area contributed by atoms with Crippen molar-refractivity contribution < 1.29 is 0 Å². The van der Waals surface area contributed by atoms with Gasteiger partial charge in [-0.15, -0.1) is 0 Å². The van der Waals surface area contributed by atoms with Crippen LogP contribution in [0.5, 0.6) is 0 Å². The third-order valence-corrected chi connectivity index (χ3v) is 4.31. The van der Waals surface area contributed by atoms with Gasteiger partial charge in [-0.3, -0.25) is 0 Å². The topological polar surface area (TPSA) is 42.7 Å². The number of nitrogens with zero attached hydrogens (tertiary/aromatic N) is 3. The maximum atomic E-state index is 4.47. The Balaban J connectivity index is 1.84. The predicted molar refractivity (Wildman–Crippen MR) is 80.9 cm³/mol. The Bertz CT molecular complexity index is 549. The van der Waals surface area contributed by atoms with Crippen LogP contribution in [0.4, 0.5) is 5.69 Å².